The minimum absolute atomic E-state index is 0. The molecular formula is C19H39NaO4S. The summed E-state index contributed by atoms with van der Waals surface area (Å²) >= 11 is 0. The molecule has 0 aliphatic carbocycles. The summed E-state index contributed by atoms with van der Waals surface area (Å²) < 4.78 is 33.9. The summed E-state index contributed by atoms with van der Waals surface area (Å²) in [5.41, 5.74) is 0. The number of hydrogen-bond donors (Lipinski definition) is 1. The SMILES string of the molecule is CCCCCCCCCCCCCC(CCCCCO)S(=O)(=O)[O-].[Na+]. The number of rotatable bonds is 18. The fraction of sp³-hybridized carbons (Fsp3) is 1.00. The van der Waals surface area contributed by atoms with Gasteiger partial charge in [-0.2, -0.15) is 0 Å². The quantitative estimate of drug-likeness (QED) is 0.222. The molecule has 0 aliphatic heterocycles. The van der Waals surface area contributed by atoms with Gasteiger partial charge < -0.3 is 9.66 Å². The summed E-state index contributed by atoms with van der Waals surface area (Å²) in [4.78, 5) is 0. The van der Waals surface area contributed by atoms with Crippen molar-refractivity contribution in [3.05, 3.63) is 0 Å². The van der Waals surface area contributed by atoms with Crippen molar-refractivity contribution in [3.8, 4) is 0 Å². The first-order chi connectivity index (χ1) is 11.5. The maximum atomic E-state index is 11.3. The molecule has 0 aliphatic rings. The van der Waals surface area contributed by atoms with E-state index in [1.807, 2.05) is 0 Å². The Morgan fingerprint density at radius 1 is 0.720 bits per heavy atom. The zero-order chi connectivity index (χ0) is 18.1. The second kappa shape index (κ2) is 19.6. The molecule has 0 radical (unpaired) electrons. The molecule has 0 amide bonds. The van der Waals surface area contributed by atoms with Gasteiger partial charge in [0.15, 0.2) is 0 Å². The third kappa shape index (κ3) is 19.4. The van der Waals surface area contributed by atoms with Crippen LogP contribution in [0.3, 0.4) is 0 Å². The van der Waals surface area contributed by atoms with Gasteiger partial charge in [-0.25, -0.2) is 8.42 Å². The fourth-order valence-corrected chi connectivity index (χ4v) is 4.04. The Kier molecular flexibility index (Phi) is 22.0. The van der Waals surface area contributed by atoms with Gasteiger partial charge in [-0.3, -0.25) is 0 Å². The van der Waals surface area contributed by atoms with E-state index in [1.54, 1.807) is 0 Å². The van der Waals surface area contributed by atoms with Crippen LogP contribution >= 0.6 is 0 Å². The van der Waals surface area contributed by atoms with Crippen LogP contribution in [0.2, 0.25) is 0 Å². The molecule has 0 aromatic rings. The Morgan fingerprint density at radius 2 is 1.08 bits per heavy atom. The standard InChI is InChI=1S/C19H40O4S.Na/c1-2-3-4-5-6-7-8-9-10-11-13-16-19(24(21,22)23)17-14-12-15-18-20;/h19-20H,2-18H2,1H3,(H,21,22,23);/q;+1/p-1. The molecule has 0 aromatic heterocycles. The van der Waals surface area contributed by atoms with E-state index in [0.29, 0.717) is 25.7 Å². The maximum Gasteiger partial charge on any atom is 1.00 e. The van der Waals surface area contributed by atoms with Crippen LogP contribution in [0.5, 0.6) is 0 Å². The Bertz CT molecular complexity index is 360. The van der Waals surface area contributed by atoms with E-state index in [9.17, 15) is 13.0 Å². The molecule has 0 saturated heterocycles. The molecule has 0 fully saturated rings. The van der Waals surface area contributed by atoms with Gasteiger partial charge in [0, 0.05) is 11.9 Å². The first-order valence-electron chi connectivity index (χ1n) is 10.1. The summed E-state index contributed by atoms with van der Waals surface area (Å²) in [5, 5.41) is 8.00. The average molecular weight is 387 g/mol. The molecule has 1 N–H and O–H groups in total. The predicted molar refractivity (Wildman–Crippen MR) is 100 cm³/mol. The molecule has 4 nitrogen and oxygen atoms in total. The minimum atomic E-state index is -4.18. The van der Waals surface area contributed by atoms with Gasteiger partial charge in [-0.05, 0) is 19.3 Å². The molecule has 0 rings (SSSR count). The summed E-state index contributed by atoms with van der Waals surface area (Å²) in [6.45, 7) is 2.37. The van der Waals surface area contributed by atoms with Gasteiger partial charge >= 0.3 is 29.6 Å². The second-order valence-electron chi connectivity index (χ2n) is 7.01. The molecule has 0 bridgehead atoms. The smallest absolute Gasteiger partial charge is 0.748 e. The molecule has 146 valence electrons. The number of unbranched alkanes of at least 4 members (excludes halogenated alkanes) is 12. The van der Waals surface area contributed by atoms with Crippen LogP contribution in [0.4, 0.5) is 0 Å². The summed E-state index contributed by atoms with van der Waals surface area (Å²) in [7, 11) is -4.18. The third-order valence-corrected chi connectivity index (χ3v) is 6.01. The van der Waals surface area contributed by atoms with E-state index >= 15 is 0 Å². The monoisotopic (exact) mass is 386 g/mol. The van der Waals surface area contributed by atoms with Crippen LogP contribution in [0.15, 0.2) is 0 Å². The van der Waals surface area contributed by atoms with Gasteiger partial charge in [0.05, 0.1) is 10.1 Å². The van der Waals surface area contributed by atoms with Crippen LogP contribution in [0.1, 0.15) is 110 Å². The van der Waals surface area contributed by atoms with E-state index in [0.717, 1.165) is 25.7 Å². The molecule has 25 heavy (non-hydrogen) atoms. The summed E-state index contributed by atoms with van der Waals surface area (Å²) in [5.74, 6) is 0. The van der Waals surface area contributed by atoms with Gasteiger partial charge in [-0.1, -0.05) is 90.4 Å². The van der Waals surface area contributed by atoms with Crippen molar-refractivity contribution in [2.45, 2.75) is 115 Å². The zero-order valence-corrected chi connectivity index (χ0v) is 19.5. The van der Waals surface area contributed by atoms with Crippen molar-refractivity contribution in [2.75, 3.05) is 6.61 Å². The molecule has 1 unspecified atom stereocenters. The van der Waals surface area contributed by atoms with Gasteiger partial charge in [0.25, 0.3) is 0 Å². The van der Waals surface area contributed by atoms with Crippen LogP contribution in [-0.4, -0.2) is 29.9 Å². The van der Waals surface area contributed by atoms with E-state index in [2.05, 4.69) is 6.92 Å². The van der Waals surface area contributed by atoms with Crippen LogP contribution in [0, 0.1) is 0 Å². The van der Waals surface area contributed by atoms with E-state index in [4.69, 9.17) is 5.11 Å². The molecule has 0 heterocycles. The predicted octanol–water partition coefficient (Wildman–Crippen LogP) is 2.16. The van der Waals surface area contributed by atoms with Crippen molar-refractivity contribution in [1.82, 2.24) is 0 Å². The maximum absolute atomic E-state index is 11.3. The Morgan fingerprint density at radius 3 is 1.44 bits per heavy atom. The van der Waals surface area contributed by atoms with E-state index < -0.39 is 15.4 Å². The molecule has 0 saturated carbocycles. The number of aliphatic hydroxyl groups is 1. The molecule has 0 spiro atoms. The summed E-state index contributed by atoms with van der Waals surface area (Å²) in [6.07, 6.45) is 16.7. The Labute approximate surface area is 178 Å². The van der Waals surface area contributed by atoms with Crippen LogP contribution < -0.4 is 29.6 Å². The van der Waals surface area contributed by atoms with Crippen molar-refractivity contribution in [2.24, 2.45) is 0 Å². The largest absolute Gasteiger partial charge is 1.00 e. The number of hydrogen-bond acceptors (Lipinski definition) is 4. The van der Waals surface area contributed by atoms with Crippen LogP contribution in [0.25, 0.3) is 0 Å². The molecule has 0 aromatic carbocycles. The van der Waals surface area contributed by atoms with Crippen molar-refractivity contribution < 1.29 is 47.6 Å². The third-order valence-electron chi connectivity index (χ3n) is 4.72. The second-order valence-corrected chi connectivity index (χ2v) is 8.66. The summed E-state index contributed by atoms with van der Waals surface area (Å²) in [6, 6.07) is 0. The Balaban J connectivity index is 0. The normalized spacial score (nSPS) is 12.8. The fourth-order valence-electron chi connectivity index (χ4n) is 3.13. The van der Waals surface area contributed by atoms with Crippen molar-refractivity contribution in [1.29, 1.82) is 0 Å². The topological polar surface area (TPSA) is 77.4 Å². The van der Waals surface area contributed by atoms with E-state index in [1.165, 1.54) is 51.4 Å². The number of aliphatic hydroxyl groups excluding tert-OH is 1. The first kappa shape index (κ1) is 28.1. The van der Waals surface area contributed by atoms with Crippen molar-refractivity contribution in [3.63, 3.8) is 0 Å². The van der Waals surface area contributed by atoms with E-state index in [-0.39, 0.29) is 36.2 Å². The van der Waals surface area contributed by atoms with Crippen LogP contribution in [-0.2, 0) is 10.1 Å². The molecular weight excluding hydrogens is 347 g/mol. The van der Waals surface area contributed by atoms with Gasteiger partial charge in [0.2, 0.25) is 0 Å². The minimum Gasteiger partial charge on any atom is -0.748 e. The molecule has 6 heteroatoms. The first-order valence-corrected chi connectivity index (χ1v) is 11.5. The Hall–Kier alpha value is 0.870. The van der Waals surface area contributed by atoms with Gasteiger partial charge in [0.1, 0.15) is 0 Å². The van der Waals surface area contributed by atoms with Crippen molar-refractivity contribution >= 4 is 10.1 Å². The average Bonchev–Trinajstić information content (AvgIpc) is 2.53. The van der Waals surface area contributed by atoms with Gasteiger partial charge in [-0.15, -0.1) is 0 Å². The molecule has 1 atom stereocenters. The zero-order valence-electron chi connectivity index (χ0n) is 16.7.